The van der Waals surface area contributed by atoms with E-state index in [9.17, 15) is 0 Å². The van der Waals surface area contributed by atoms with Crippen molar-refractivity contribution in [1.82, 2.24) is 15.2 Å². The largest absolute Gasteiger partial charge is 0.497 e. The van der Waals surface area contributed by atoms with Gasteiger partial charge in [0.15, 0.2) is 5.11 Å². The van der Waals surface area contributed by atoms with E-state index < -0.39 is 0 Å². The quantitative estimate of drug-likeness (QED) is 0.351. The summed E-state index contributed by atoms with van der Waals surface area (Å²) in [7, 11) is 3.36. The molecule has 35 heavy (non-hydrogen) atoms. The van der Waals surface area contributed by atoms with E-state index in [1.165, 1.54) is 12.0 Å². The second kappa shape index (κ2) is 10.2. The van der Waals surface area contributed by atoms with Gasteiger partial charge >= 0.3 is 0 Å². The molecule has 2 N–H and O–H groups in total. The Hall–Kier alpha value is -3.16. The topological polar surface area (TPSA) is 58.7 Å². The number of pyridine rings is 1. The van der Waals surface area contributed by atoms with Crippen LogP contribution < -0.4 is 20.1 Å². The molecule has 3 saturated heterocycles. The van der Waals surface area contributed by atoms with Gasteiger partial charge in [-0.25, -0.2) is 0 Å². The third-order valence-corrected chi connectivity index (χ3v) is 7.71. The van der Waals surface area contributed by atoms with E-state index in [0.717, 1.165) is 47.6 Å². The van der Waals surface area contributed by atoms with Crippen molar-refractivity contribution in [3.8, 4) is 11.5 Å². The highest BCUT2D eigenvalue weighted by Gasteiger charge is 2.43. The fraction of sp³-hybridized carbons (Fsp3) is 0.357. The summed E-state index contributed by atoms with van der Waals surface area (Å²) in [5.41, 5.74) is 3.05. The number of hydrogen-bond donors (Lipinski definition) is 2. The van der Waals surface area contributed by atoms with Gasteiger partial charge in [0.1, 0.15) is 11.5 Å². The number of hydrogen-bond acceptors (Lipinski definition) is 5. The minimum atomic E-state index is -0.000537. The number of anilines is 1. The van der Waals surface area contributed by atoms with Crippen molar-refractivity contribution in [3.63, 3.8) is 0 Å². The first-order valence-electron chi connectivity index (χ1n) is 12.1. The van der Waals surface area contributed by atoms with Crippen LogP contribution >= 0.6 is 12.2 Å². The van der Waals surface area contributed by atoms with Crippen LogP contribution in [-0.2, 0) is 0 Å². The average Bonchev–Trinajstić information content (AvgIpc) is 2.91. The molecule has 182 valence electrons. The second-order valence-electron chi connectivity index (χ2n) is 9.33. The standard InChI is InChI=1S/C28H32N4O2S/c1-4-18-17-32-14-12-19(18)15-26(32)27(31-28(35)30-20-5-7-21(33-2)8-6-20)23-11-13-29-25-10-9-22(34-3)16-24(23)25/h4-11,13,16,18-19,26-27H,1,12,14-15,17H2,2-3H3,(H2,30,31,35)/t18-,19-,26-,27-/m0/s1. The van der Waals surface area contributed by atoms with Gasteiger partial charge in [-0.05, 0) is 97.5 Å². The maximum Gasteiger partial charge on any atom is 0.171 e. The molecule has 0 radical (unpaired) electrons. The maximum absolute atomic E-state index is 5.82. The molecule has 3 fully saturated rings. The highest BCUT2D eigenvalue weighted by molar-refractivity contribution is 7.80. The Bertz CT molecular complexity index is 1220. The Morgan fingerprint density at radius 3 is 2.60 bits per heavy atom. The molecule has 0 aliphatic carbocycles. The highest BCUT2D eigenvalue weighted by Crippen LogP contribution is 2.42. The predicted molar refractivity (Wildman–Crippen MR) is 145 cm³/mol. The number of aromatic nitrogens is 1. The van der Waals surface area contributed by atoms with E-state index in [4.69, 9.17) is 21.7 Å². The summed E-state index contributed by atoms with van der Waals surface area (Å²) in [6.45, 7) is 6.24. The minimum Gasteiger partial charge on any atom is -0.497 e. The Balaban J connectivity index is 1.48. The molecule has 6 rings (SSSR count). The second-order valence-corrected chi connectivity index (χ2v) is 9.74. The number of nitrogens with zero attached hydrogens (tertiary/aromatic N) is 2. The molecule has 0 spiro atoms. The fourth-order valence-electron chi connectivity index (χ4n) is 5.63. The zero-order valence-corrected chi connectivity index (χ0v) is 21.1. The summed E-state index contributed by atoms with van der Waals surface area (Å²) < 4.78 is 10.8. The molecule has 4 heterocycles. The van der Waals surface area contributed by atoms with E-state index in [1.807, 2.05) is 42.6 Å². The molecular weight excluding hydrogens is 456 g/mol. The van der Waals surface area contributed by atoms with Crippen molar-refractivity contribution in [2.24, 2.45) is 11.8 Å². The van der Waals surface area contributed by atoms with Crippen LogP contribution in [0.5, 0.6) is 11.5 Å². The number of nitrogens with one attached hydrogen (secondary N) is 2. The Labute approximate surface area is 212 Å². The first kappa shape index (κ1) is 23.6. The number of rotatable bonds is 7. The third kappa shape index (κ3) is 4.83. The molecule has 0 saturated carbocycles. The lowest BCUT2D eigenvalue weighted by molar-refractivity contribution is 0.00443. The number of ether oxygens (including phenoxy) is 2. The number of fused-ring (bicyclic) bond motifs is 4. The maximum atomic E-state index is 5.82. The van der Waals surface area contributed by atoms with Gasteiger partial charge in [0.25, 0.3) is 0 Å². The van der Waals surface area contributed by atoms with Crippen molar-refractivity contribution >= 4 is 33.9 Å². The molecule has 3 aliphatic heterocycles. The third-order valence-electron chi connectivity index (χ3n) is 7.49. The van der Waals surface area contributed by atoms with Gasteiger partial charge in [-0.15, -0.1) is 6.58 Å². The van der Waals surface area contributed by atoms with E-state index in [1.54, 1.807) is 14.2 Å². The number of thiocarbonyl (C=S) groups is 1. The molecule has 6 nitrogen and oxygen atoms in total. The zero-order valence-electron chi connectivity index (χ0n) is 20.2. The van der Waals surface area contributed by atoms with Crippen LogP contribution in [0.2, 0.25) is 0 Å². The van der Waals surface area contributed by atoms with Crippen molar-refractivity contribution in [2.75, 3.05) is 32.6 Å². The average molecular weight is 489 g/mol. The number of methoxy groups -OCH3 is 2. The van der Waals surface area contributed by atoms with E-state index in [2.05, 4.69) is 45.3 Å². The van der Waals surface area contributed by atoms with Crippen LogP contribution in [-0.4, -0.2) is 48.3 Å². The van der Waals surface area contributed by atoms with Crippen molar-refractivity contribution in [1.29, 1.82) is 0 Å². The van der Waals surface area contributed by atoms with Crippen LogP contribution in [0.15, 0.2) is 67.4 Å². The summed E-state index contributed by atoms with van der Waals surface area (Å²) in [5.74, 6) is 2.84. The lowest BCUT2D eigenvalue weighted by atomic mass is 9.73. The Morgan fingerprint density at radius 2 is 1.91 bits per heavy atom. The predicted octanol–water partition coefficient (Wildman–Crippen LogP) is 5.18. The number of piperidine rings is 3. The molecule has 3 aliphatic rings. The summed E-state index contributed by atoms with van der Waals surface area (Å²) in [6, 6.07) is 16.3. The van der Waals surface area contributed by atoms with Crippen molar-refractivity contribution in [2.45, 2.75) is 24.9 Å². The summed E-state index contributed by atoms with van der Waals surface area (Å²) in [6.07, 6.45) is 6.35. The minimum absolute atomic E-state index is 0.000537. The van der Waals surface area contributed by atoms with Crippen molar-refractivity contribution in [3.05, 3.63) is 72.9 Å². The van der Waals surface area contributed by atoms with Gasteiger partial charge in [0, 0.05) is 29.9 Å². The van der Waals surface area contributed by atoms with Crippen LogP contribution in [0.4, 0.5) is 5.69 Å². The first-order chi connectivity index (χ1) is 17.1. The van der Waals surface area contributed by atoms with Crippen molar-refractivity contribution < 1.29 is 9.47 Å². The molecule has 1 unspecified atom stereocenters. The molecule has 2 aromatic carbocycles. The molecule has 1 aromatic heterocycles. The van der Waals surface area contributed by atoms with Crippen LogP contribution in [0.3, 0.4) is 0 Å². The smallest absolute Gasteiger partial charge is 0.171 e. The molecule has 5 atom stereocenters. The fourth-order valence-corrected chi connectivity index (χ4v) is 5.88. The van der Waals surface area contributed by atoms with Gasteiger partial charge in [-0.1, -0.05) is 6.08 Å². The lowest BCUT2D eigenvalue weighted by Gasteiger charge is -2.52. The van der Waals surface area contributed by atoms with Crippen LogP contribution in [0.1, 0.15) is 24.4 Å². The van der Waals surface area contributed by atoms with E-state index >= 15 is 0 Å². The molecule has 0 amide bonds. The summed E-state index contributed by atoms with van der Waals surface area (Å²) >= 11 is 5.82. The number of benzene rings is 2. The zero-order chi connectivity index (χ0) is 24.4. The normalized spacial score (nSPS) is 23.9. The SMILES string of the molecule is C=C[C@H]1CN2CC[C@H]1C[C@H]2[C@@H](NC(=S)Nc1ccc(OC)cc1)c1ccnc2ccc(OC)cc12. The Morgan fingerprint density at radius 1 is 1.14 bits per heavy atom. The van der Waals surface area contributed by atoms with Gasteiger partial charge in [-0.3, -0.25) is 9.88 Å². The highest BCUT2D eigenvalue weighted by atomic mass is 32.1. The molecule has 2 bridgehead atoms. The van der Waals surface area contributed by atoms with Crippen LogP contribution in [0, 0.1) is 11.8 Å². The molecular formula is C28H32N4O2S. The molecule has 7 heteroatoms. The van der Waals surface area contributed by atoms with Gasteiger partial charge in [-0.2, -0.15) is 0 Å². The summed E-state index contributed by atoms with van der Waals surface area (Å²) in [5, 5.41) is 8.71. The van der Waals surface area contributed by atoms with E-state index in [0.29, 0.717) is 23.0 Å². The lowest BCUT2D eigenvalue weighted by Crippen LogP contribution is -2.57. The first-order valence-corrected chi connectivity index (χ1v) is 12.5. The van der Waals surface area contributed by atoms with Gasteiger partial charge in [0.05, 0.1) is 25.8 Å². The molecule has 3 aromatic rings. The summed E-state index contributed by atoms with van der Waals surface area (Å²) in [4.78, 5) is 7.21. The van der Waals surface area contributed by atoms with E-state index in [-0.39, 0.29) is 6.04 Å². The van der Waals surface area contributed by atoms with Gasteiger partial charge < -0.3 is 20.1 Å². The van der Waals surface area contributed by atoms with Gasteiger partial charge in [0.2, 0.25) is 0 Å². The monoisotopic (exact) mass is 488 g/mol. The Kier molecular flexibility index (Phi) is 6.88. The van der Waals surface area contributed by atoms with Crippen LogP contribution in [0.25, 0.3) is 10.9 Å².